The quantitative estimate of drug-likeness (QED) is 0.135. The number of carbonyl (C=O) groups is 3. The summed E-state index contributed by atoms with van der Waals surface area (Å²) in [5.74, 6) is 6.46. The van der Waals surface area contributed by atoms with Crippen molar-refractivity contribution < 1.29 is 29.0 Å². The van der Waals surface area contributed by atoms with Gasteiger partial charge in [0.2, 0.25) is 11.8 Å². The van der Waals surface area contributed by atoms with E-state index in [1.165, 1.54) is 10.5 Å². The molecule has 8 nitrogen and oxygen atoms in total. The van der Waals surface area contributed by atoms with E-state index in [2.05, 4.69) is 36.2 Å². The van der Waals surface area contributed by atoms with Gasteiger partial charge in [0.25, 0.3) is 5.91 Å². The number of piperidine rings is 1. The van der Waals surface area contributed by atoms with Gasteiger partial charge < -0.3 is 19.5 Å². The maximum Gasteiger partial charge on any atom is 0.255 e. The van der Waals surface area contributed by atoms with Crippen LogP contribution in [-0.4, -0.2) is 47.0 Å². The number of hydrogen-bond donors (Lipinski definition) is 2. The van der Waals surface area contributed by atoms with E-state index >= 15 is 0 Å². The maximum absolute atomic E-state index is 12.9. The van der Waals surface area contributed by atoms with Gasteiger partial charge in [-0.15, -0.1) is 0 Å². The molecule has 4 aromatic carbocycles. The van der Waals surface area contributed by atoms with Crippen molar-refractivity contribution in [1.29, 1.82) is 0 Å². The third-order valence-electron chi connectivity index (χ3n) is 8.32. The van der Waals surface area contributed by atoms with Crippen LogP contribution in [0.4, 0.5) is 0 Å². The Balaban J connectivity index is 1.06. The molecule has 0 aliphatic carbocycles. The summed E-state index contributed by atoms with van der Waals surface area (Å²) in [6.07, 6.45) is 1.37. The molecule has 8 heteroatoms. The highest BCUT2D eigenvalue weighted by Crippen LogP contribution is 2.36. The van der Waals surface area contributed by atoms with E-state index in [0.717, 1.165) is 34.2 Å². The predicted octanol–water partition coefficient (Wildman–Crippen LogP) is 5.98. The number of phenols is 1. The van der Waals surface area contributed by atoms with Gasteiger partial charge in [0.15, 0.2) is 0 Å². The molecule has 1 fully saturated rings. The zero-order valence-electron chi connectivity index (χ0n) is 26.0. The molecule has 1 atom stereocenters. The third-order valence-corrected chi connectivity index (χ3v) is 8.32. The van der Waals surface area contributed by atoms with Crippen LogP contribution in [0.1, 0.15) is 58.8 Å². The number of amides is 3. The van der Waals surface area contributed by atoms with Gasteiger partial charge in [-0.3, -0.25) is 19.7 Å². The lowest BCUT2D eigenvalue weighted by Gasteiger charge is -2.29. The molecular formula is C39H34N2O6. The fourth-order valence-corrected chi connectivity index (χ4v) is 6.01. The largest absolute Gasteiger partial charge is 0.508 e. The van der Waals surface area contributed by atoms with Crippen LogP contribution in [0.3, 0.4) is 0 Å². The first-order valence-electron chi connectivity index (χ1n) is 15.6. The summed E-state index contributed by atoms with van der Waals surface area (Å²) in [5, 5.41) is 12.2. The van der Waals surface area contributed by atoms with Gasteiger partial charge in [0.05, 0.1) is 0 Å². The first-order valence-corrected chi connectivity index (χ1v) is 15.6. The molecule has 4 aromatic rings. The first-order chi connectivity index (χ1) is 22.9. The number of nitrogens with one attached hydrogen (secondary N) is 1. The zero-order chi connectivity index (χ0) is 32.8. The van der Waals surface area contributed by atoms with Gasteiger partial charge in [-0.05, 0) is 88.7 Å². The highest BCUT2D eigenvalue weighted by Gasteiger charge is 2.39. The maximum atomic E-state index is 12.9. The summed E-state index contributed by atoms with van der Waals surface area (Å²) in [6.45, 7) is 2.76. The number of ether oxygens (including phenoxy) is 2. The smallest absolute Gasteiger partial charge is 0.255 e. The van der Waals surface area contributed by atoms with E-state index in [-0.39, 0.29) is 43.7 Å². The van der Waals surface area contributed by atoms with Crippen molar-refractivity contribution in [2.75, 3.05) is 13.2 Å². The normalized spacial score (nSPS) is 16.1. The molecule has 1 unspecified atom stereocenters. The molecule has 2 aliphatic rings. The number of imide groups is 1. The molecule has 47 heavy (non-hydrogen) atoms. The zero-order valence-corrected chi connectivity index (χ0v) is 26.0. The number of benzene rings is 4. The summed E-state index contributed by atoms with van der Waals surface area (Å²) < 4.78 is 11.7. The average Bonchev–Trinajstić information content (AvgIpc) is 3.41. The number of allylic oxidation sites excluding steroid dienone is 1. The van der Waals surface area contributed by atoms with Crippen molar-refractivity contribution in [2.24, 2.45) is 0 Å². The van der Waals surface area contributed by atoms with Crippen LogP contribution < -0.4 is 14.8 Å². The molecule has 2 N–H and O–H groups in total. The first kappa shape index (κ1) is 31.2. The number of fused-ring (bicyclic) bond motifs is 1. The van der Waals surface area contributed by atoms with E-state index in [1.807, 2.05) is 54.6 Å². The highest BCUT2D eigenvalue weighted by atomic mass is 16.5. The van der Waals surface area contributed by atoms with E-state index in [1.54, 1.807) is 30.3 Å². The molecule has 0 spiro atoms. The molecule has 3 amide bonds. The lowest BCUT2D eigenvalue weighted by atomic mass is 9.88. The Morgan fingerprint density at radius 2 is 1.47 bits per heavy atom. The van der Waals surface area contributed by atoms with E-state index in [9.17, 15) is 19.5 Å². The summed E-state index contributed by atoms with van der Waals surface area (Å²) in [7, 11) is 0. The van der Waals surface area contributed by atoms with Gasteiger partial charge >= 0.3 is 0 Å². The summed E-state index contributed by atoms with van der Waals surface area (Å²) in [6, 6.07) is 30.1. The Morgan fingerprint density at radius 1 is 0.830 bits per heavy atom. The van der Waals surface area contributed by atoms with Crippen LogP contribution in [0.5, 0.6) is 17.2 Å². The van der Waals surface area contributed by atoms with Gasteiger partial charge in [0.1, 0.15) is 36.5 Å². The monoisotopic (exact) mass is 626 g/mol. The molecule has 2 heterocycles. The minimum atomic E-state index is -0.653. The SMILES string of the molecule is CC/C(=C(\c1ccc(O)cc1)c1ccc(OCC#CCOc2ccc3c(c2)CN(C2CCC(=O)NC2=O)C3=O)cc1)c1ccccc1. The van der Waals surface area contributed by atoms with Crippen LogP contribution in [0.15, 0.2) is 97.1 Å². The Hall–Kier alpha value is -5.81. The van der Waals surface area contributed by atoms with Gasteiger partial charge in [-0.25, -0.2) is 0 Å². The minimum Gasteiger partial charge on any atom is -0.508 e. The van der Waals surface area contributed by atoms with E-state index in [0.29, 0.717) is 23.5 Å². The topological polar surface area (TPSA) is 105 Å². The van der Waals surface area contributed by atoms with Crippen molar-refractivity contribution in [3.8, 4) is 29.1 Å². The molecule has 0 saturated carbocycles. The fraction of sp³-hybridized carbons (Fsp3) is 0.205. The Kier molecular flexibility index (Phi) is 9.35. The van der Waals surface area contributed by atoms with Crippen molar-refractivity contribution in [3.05, 3.63) is 125 Å². The van der Waals surface area contributed by atoms with E-state index < -0.39 is 11.9 Å². The molecule has 2 aliphatic heterocycles. The van der Waals surface area contributed by atoms with Crippen LogP contribution in [0, 0.1) is 11.8 Å². The predicted molar refractivity (Wildman–Crippen MR) is 178 cm³/mol. The molecule has 236 valence electrons. The van der Waals surface area contributed by atoms with Gasteiger partial charge in [0, 0.05) is 18.5 Å². The van der Waals surface area contributed by atoms with Crippen molar-refractivity contribution >= 4 is 28.9 Å². The van der Waals surface area contributed by atoms with E-state index in [4.69, 9.17) is 9.47 Å². The number of hydrogen-bond acceptors (Lipinski definition) is 6. The standard InChI is InChI=1S/C39H34N2O6/c1-2-33(26-8-4-3-5-9-26)37(27-10-14-30(42)15-11-27)28-12-16-31(17-13-28)46-22-6-7-23-47-32-18-19-34-29(24-32)25-41(39(34)45)35-20-21-36(43)40-38(35)44/h3-5,8-19,24,35,42H,2,20-23,25H2,1H3,(H,40,43,44)/b37-33-. The number of nitrogens with zero attached hydrogens (tertiary/aromatic N) is 1. The highest BCUT2D eigenvalue weighted by molar-refractivity contribution is 6.05. The Morgan fingerprint density at radius 3 is 2.13 bits per heavy atom. The minimum absolute atomic E-state index is 0.145. The summed E-state index contributed by atoms with van der Waals surface area (Å²) >= 11 is 0. The van der Waals surface area contributed by atoms with Crippen molar-refractivity contribution in [1.82, 2.24) is 10.2 Å². The molecule has 0 bridgehead atoms. The van der Waals surface area contributed by atoms with Gasteiger partial charge in [-0.1, -0.05) is 73.4 Å². The van der Waals surface area contributed by atoms with Crippen LogP contribution in [-0.2, 0) is 16.1 Å². The fourth-order valence-electron chi connectivity index (χ4n) is 6.01. The molecule has 6 rings (SSSR count). The van der Waals surface area contributed by atoms with Crippen molar-refractivity contribution in [3.63, 3.8) is 0 Å². The molecule has 0 aromatic heterocycles. The lowest BCUT2D eigenvalue weighted by Crippen LogP contribution is -2.52. The van der Waals surface area contributed by atoms with Crippen molar-refractivity contribution in [2.45, 2.75) is 38.8 Å². The van der Waals surface area contributed by atoms with Crippen LogP contribution in [0.2, 0.25) is 0 Å². The summed E-state index contributed by atoms with van der Waals surface area (Å²) in [4.78, 5) is 38.2. The number of phenolic OH excluding ortho intramolecular Hbond substituents is 1. The Bertz CT molecular complexity index is 1890. The average molecular weight is 627 g/mol. The third kappa shape index (κ3) is 7.05. The molecule has 1 saturated heterocycles. The number of carbonyl (C=O) groups excluding carboxylic acids is 3. The molecular weight excluding hydrogens is 592 g/mol. The number of rotatable bonds is 9. The van der Waals surface area contributed by atoms with Crippen LogP contribution in [0.25, 0.3) is 11.1 Å². The second kappa shape index (κ2) is 14.1. The Labute approximate surface area is 273 Å². The second-order valence-corrected chi connectivity index (χ2v) is 11.3. The van der Waals surface area contributed by atoms with Gasteiger partial charge in [-0.2, -0.15) is 0 Å². The summed E-state index contributed by atoms with van der Waals surface area (Å²) in [5.41, 5.74) is 6.82. The molecule has 0 radical (unpaired) electrons. The van der Waals surface area contributed by atoms with Crippen LogP contribution >= 0.6 is 0 Å². The second-order valence-electron chi connectivity index (χ2n) is 11.3. The number of aromatic hydroxyl groups is 1. The lowest BCUT2D eigenvalue weighted by molar-refractivity contribution is -0.136.